The summed E-state index contributed by atoms with van der Waals surface area (Å²) in [5.41, 5.74) is 1.46. The Morgan fingerprint density at radius 1 is 1.29 bits per heavy atom. The van der Waals surface area contributed by atoms with Crippen molar-refractivity contribution in [2.45, 2.75) is 0 Å². The fourth-order valence-corrected chi connectivity index (χ4v) is 1.96. The van der Waals surface area contributed by atoms with E-state index in [9.17, 15) is 14.9 Å². The molecule has 7 nitrogen and oxygen atoms in total. The van der Waals surface area contributed by atoms with E-state index in [4.69, 9.17) is 0 Å². The molecule has 2 heterocycles. The highest BCUT2D eigenvalue weighted by Crippen LogP contribution is 2.15. The lowest BCUT2D eigenvalue weighted by atomic mass is 10.2. The number of amides is 1. The smallest absolute Gasteiger partial charge is 0.270 e. The molecule has 1 aromatic carbocycles. The molecule has 7 heteroatoms. The number of hydrogen-bond acceptors (Lipinski definition) is 4. The van der Waals surface area contributed by atoms with Crippen LogP contribution in [0.2, 0.25) is 0 Å². The Morgan fingerprint density at radius 3 is 2.95 bits per heavy atom. The molecular formula is C14H10N4O3. The molecule has 0 aliphatic carbocycles. The molecule has 3 aromatic rings. The van der Waals surface area contributed by atoms with Crippen LogP contribution in [0.25, 0.3) is 5.65 Å². The van der Waals surface area contributed by atoms with Crippen LogP contribution < -0.4 is 5.32 Å². The van der Waals surface area contributed by atoms with Crippen molar-refractivity contribution in [3.05, 3.63) is 70.7 Å². The molecule has 2 aromatic heterocycles. The molecule has 0 atom stereocenters. The quantitative estimate of drug-likeness (QED) is 0.590. The molecule has 0 fully saturated rings. The molecule has 0 saturated carbocycles. The van der Waals surface area contributed by atoms with Gasteiger partial charge in [-0.1, -0.05) is 6.07 Å². The van der Waals surface area contributed by atoms with Gasteiger partial charge < -0.3 is 9.72 Å². The molecule has 0 spiro atoms. The first-order valence-corrected chi connectivity index (χ1v) is 6.12. The Bertz CT molecular complexity index is 841. The first kappa shape index (κ1) is 12.8. The molecular weight excluding hydrogens is 272 g/mol. The molecule has 0 saturated heterocycles. The largest absolute Gasteiger partial charge is 0.321 e. The van der Waals surface area contributed by atoms with Gasteiger partial charge in [0.1, 0.15) is 5.65 Å². The zero-order valence-electron chi connectivity index (χ0n) is 10.8. The molecule has 3 rings (SSSR count). The van der Waals surface area contributed by atoms with Crippen LogP contribution in [0.1, 0.15) is 10.4 Å². The van der Waals surface area contributed by atoms with Gasteiger partial charge in [0.15, 0.2) is 0 Å². The van der Waals surface area contributed by atoms with Crippen LogP contribution in [0.5, 0.6) is 0 Å². The second-order valence-corrected chi connectivity index (χ2v) is 4.37. The lowest BCUT2D eigenvalue weighted by molar-refractivity contribution is -0.384. The zero-order chi connectivity index (χ0) is 14.8. The third-order valence-electron chi connectivity index (χ3n) is 2.97. The second kappa shape index (κ2) is 5.04. The lowest BCUT2D eigenvalue weighted by Crippen LogP contribution is -2.12. The molecule has 0 unspecified atom stereocenters. The Balaban J connectivity index is 1.85. The summed E-state index contributed by atoms with van der Waals surface area (Å²) in [5, 5.41) is 13.4. The summed E-state index contributed by atoms with van der Waals surface area (Å²) in [5.74, 6) is -0.404. The monoisotopic (exact) mass is 282 g/mol. The van der Waals surface area contributed by atoms with Crippen molar-refractivity contribution in [1.82, 2.24) is 9.38 Å². The minimum atomic E-state index is -0.533. The standard InChI is InChI=1S/C14H10N4O3/c19-14(10-2-1-3-12(8-10)18(20)21)16-11-4-5-13-15-6-7-17(13)9-11/h1-9H,(H,16,19). The number of hydrogen-bond donors (Lipinski definition) is 1. The van der Waals surface area contributed by atoms with Gasteiger partial charge in [0.2, 0.25) is 0 Å². The fourth-order valence-electron chi connectivity index (χ4n) is 1.96. The summed E-state index contributed by atoms with van der Waals surface area (Å²) in [6.07, 6.45) is 5.14. The first-order chi connectivity index (χ1) is 10.1. The summed E-state index contributed by atoms with van der Waals surface area (Å²) in [4.78, 5) is 26.4. The van der Waals surface area contributed by atoms with Crippen molar-refractivity contribution in [2.24, 2.45) is 0 Å². The minimum Gasteiger partial charge on any atom is -0.321 e. The molecule has 21 heavy (non-hydrogen) atoms. The number of carbonyl (C=O) groups excluding carboxylic acids is 1. The van der Waals surface area contributed by atoms with Crippen molar-refractivity contribution >= 4 is 22.9 Å². The zero-order valence-corrected chi connectivity index (χ0v) is 10.8. The third kappa shape index (κ3) is 2.57. The van der Waals surface area contributed by atoms with Gasteiger partial charge in [-0.05, 0) is 18.2 Å². The fraction of sp³-hybridized carbons (Fsp3) is 0. The first-order valence-electron chi connectivity index (χ1n) is 6.12. The van der Waals surface area contributed by atoms with Gasteiger partial charge in [0.25, 0.3) is 11.6 Å². The van der Waals surface area contributed by atoms with Crippen LogP contribution in [-0.4, -0.2) is 20.2 Å². The summed E-state index contributed by atoms with van der Waals surface area (Å²) < 4.78 is 1.77. The molecule has 0 aliphatic heterocycles. The van der Waals surface area contributed by atoms with E-state index in [0.717, 1.165) is 5.65 Å². The summed E-state index contributed by atoms with van der Waals surface area (Å²) in [6, 6.07) is 9.07. The van der Waals surface area contributed by atoms with Crippen LogP contribution in [0.3, 0.4) is 0 Å². The van der Waals surface area contributed by atoms with Crippen molar-refractivity contribution in [3.63, 3.8) is 0 Å². The summed E-state index contributed by atoms with van der Waals surface area (Å²) >= 11 is 0. The number of fused-ring (bicyclic) bond motifs is 1. The van der Waals surface area contributed by atoms with Gasteiger partial charge in [-0.25, -0.2) is 4.98 Å². The minimum absolute atomic E-state index is 0.118. The van der Waals surface area contributed by atoms with Gasteiger partial charge >= 0.3 is 0 Å². The van der Waals surface area contributed by atoms with Gasteiger partial charge in [0, 0.05) is 36.3 Å². The average molecular weight is 282 g/mol. The van der Waals surface area contributed by atoms with Crippen molar-refractivity contribution < 1.29 is 9.72 Å². The second-order valence-electron chi connectivity index (χ2n) is 4.37. The normalized spacial score (nSPS) is 10.5. The average Bonchev–Trinajstić information content (AvgIpc) is 2.95. The molecule has 0 aliphatic rings. The van der Waals surface area contributed by atoms with Crippen LogP contribution in [0.15, 0.2) is 55.0 Å². The number of carbonyl (C=O) groups is 1. The van der Waals surface area contributed by atoms with E-state index in [1.165, 1.54) is 24.3 Å². The van der Waals surface area contributed by atoms with E-state index in [1.54, 1.807) is 35.1 Å². The van der Waals surface area contributed by atoms with Gasteiger partial charge in [-0.3, -0.25) is 14.9 Å². The Kier molecular flexibility index (Phi) is 3.07. The van der Waals surface area contributed by atoms with E-state index >= 15 is 0 Å². The maximum absolute atomic E-state index is 12.1. The van der Waals surface area contributed by atoms with Crippen LogP contribution in [0.4, 0.5) is 11.4 Å². The Labute approximate surface area is 119 Å². The van der Waals surface area contributed by atoms with Crippen LogP contribution >= 0.6 is 0 Å². The number of pyridine rings is 1. The maximum Gasteiger partial charge on any atom is 0.270 e. The number of non-ortho nitro benzene ring substituents is 1. The highest BCUT2D eigenvalue weighted by molar-refractivity contribution is 6.04. The van der Waals surface area contributed by atoms with Gasteiger partial charge in [-0.15, -0.1) is 0 Å². The Hall–Kier alpha value is -3.22. The number of nitrogens with zero attached hydrogens (tertiary/aromatic N) is 3. The molecule has 0 radical (unpaired) electrons. The number of benzene rings is 1. The van der Waals surface area contributed by atoms with E-state index in [1.807, 2.05) is 0 Å². The predicted octanol–water partition coefficient (Wildman–Crippen LogP) is 2.49. The molecule has 0 bridgehead atoms. The van der Waals surface area contributed by atoms with Gasteiger partial charge in [0.05, 0.1) is 10.6 Å². The predicted molar refractivity (Wildman–Crippen MR) is 76.2 cm³/mol. The molecule has 1 amide bonds. The highest BCUT2D eigenvalue weighted by atomic mass is 16.6. The van der Waals surface area contributed by atoms with Crippen LogP contribution in [0, 0.1) is 10.1 Å². The molecule has 1 N–H and O–H groups in total. The number of nitro groups is 1. The number of aromatic nitrogens is 2. The van der Waals surface area contributed by atoms with Gasteiger partial charge in [-0.2, -0.15) is 0 Å². The number of anilines is 1. The van der Waals surface area contributed by atoms with Crippen molar-refractivity contribution in [1.29, 1.82) is 0 Å². The SMILES string of the molecule is O=C(Nc1ccc2nccn2c1)c1cccc([N+](=O)[O-])c1. The Morgan fingerprint density at radius 2 is 2.14 bits per heavy atom. The number of imidazole rings is 1. The number of rotatable bonds is 3. The van der Waals surface area contributed by atoms with Crippen molar-refractivity contribution in [3.8, 4) is 0 Å². The lowest BCUT2D eigenvalue weighted by Gasteiger charge is -2.05. The van der Waals surface area contributed by atoms with E-state index in [2.05, 4.69) is 10.3 Å². The van der Waals surface area contributed by atoms with Crippen LogP contribution in [-0.2, 0) is 0 Å². The summed E-state index contributed by atoms with van der Waals surface area (Å²) in [6.45, 7) is 0. The number of nitrogens with one attached hydrogen (secondary N) is 1. The molecule has 104 valence electrons. The van der Waals surface area contributed by atoms with E-state index < -0.39 is 10.8 Å². The van der Waals surface area contributed by atoms with E-state index in [0.29, 0.717) is 5.69 Å². The van der Waals surface area contributed by atoms with Crippen molar-refractivity contribution in [2.75, 3.05) is 5.32 Å². The topological polar surface area (TPSA) is 89.5 Å². The summed E-state index contributed by atoms with van der Waals surface area (Å²) in [7, 11) is 0. The highest BCUT2D eigenvalue weighted by Gasteiger charge is 2.11. The third-order valence-corrected chi connectivity index (χ3v) is 2.97. The number of nitro benzene ring substituents is 1. The van der Waals surface area contributed by atoms with E-state index in [-0.39, 0.29) is 11.3 Å². The maximum atomic E-state index is 12.1.